The molecule has 32 heavy (non-hydrogen) atoms. The molecule has 0 heterocycles. The van der Waals surface area contributed by atoms with Crippen molar-refractivity contribution in [3.8, 4) is 17.2 Å². The van der Waals surface area contributed by atoms with Crippen molar-refractivity contribution in [2.45, 2.75) is 6.54 Å². The monoisotopic (exact) mass is 434 g/mol. The topological polar surface area (TPSA) is 60.0 Å². The third-order valence-electron chi connectivity index (χ3n) is 4.67. The smallest absolute Gasteiger partial charge is 0.255 e. The van der Waals surface area contributed by atoms with Crippen LogP contribution in [0.1, 0.15) is 15.9 Å². The molecule has 0 unspecified atom stereocenters. The lowest BCUT2D eigenvalue weighted by Crippen LogP contribution is -2.23. The van der Waals surface area contributed by atoms with Gasteiger partial charge >= 0.3 is 0 Å². The van der Waals surface area contributed by atoms with Gasteiger partial charge < -0.3 is 24.4 Å². The molecule has 0 atom stereocenters. The number of rotatable bonds is 12. The van der Waals surface area contributed by atoms with Crippen LogP contribution in [-0.4, -0.2) is 51.3 Å². The maximum absolute atomic E-state index is 12.7. The van der Waals surface area contributed by atoms with Gasteiger partial charge in [-0.3, -0.25) is 4.79 Å². The van der Waals surface area contributed by atoms with Gasteiger partial charge in [0, 0.05) is 13.1 Å². The van der Waals surface area contributed by atoms with Crippen LogP contribution >= 0.6 is 0 Å². The Morgan fingerprint density at radius 3 is 2.12 bits per heavy atom. The van der Waals surface area contributed by atoms with Gasteiger partial charge in [-0.05, 0) is 56.1 Å². The fraction of sp³-hybridized carbons (Fsp3) is 0.269. The molecule has 6 nitrogen and oxygen atoms in total. The van der Waals surface area contributed by atoms with E-state index in [9.17, 15) is 4.79 Å². The molecular weight excluding hydrogens is 404 g/mol. The first kappa shape index (κ1) is 23.2. The van der Waals surface area contributed by atoms with Crippen LogP contribution in [-0.2, 0) is 6.54 Å². The Labute approximate surface area is 189 Å². The van der Waals surface area contributed by atoms with Gasteiger partial charge in [0.2, 0.25) is 0 Å². The van der Waals surface area contributed by atoms with E-state index in [1.807, 2.05) is 80.8 Å². The van der Waals surface area contributed by atoms with Crippen LogP contribution in [0.4, 0.5) is 0 Å². The molecule has 0 spiro atoms. The number of ether oxygens (including phenoxy) is 3. The van der Waals surface area contributed by atoms with Crippen molar-refractivity contribution in [2.24, 2.45) is 0 Å². The number of hydrogen-bond donors (Lipinski definition) is 1. The van der Waals surface area contributed by atoms with E-state index in [0.717, 1.165) is 23.6 Å². The fourth-order valence-electron chi connectivity index (χ4n) is 2.94. The van der Waals surface area contributed by atoms with Gasteiger partial charge in [-0.15, -0.1) is 0 Å². The molecule has 0 aliphatic rings. The molecular formula is C26H30N2O4. The van der Waals surface area contributed by atoms with Crippen LogP contribution in [0.2, 0.25) is 0 Å². The van der Waals surface area contributed by atoms with Crippen LogP contribution in [0.3, 0.4) is 0 Å². The van der Waals surface area contributed by atoms with E-state index in [4.69, 9.17) is 14.2 Å². The standard InChI is InChI=1S/C26H30N2O4/c1-28(2)16-17-30-23-14-12-21(13-15-23)20-27-26(29)24-10-6-7-11-25(24)32-19-18-31-22-8-4-3-5-9-22/h3-15H,16-20H2,1-2H3,(H,27,29). The summed E-state index contributed by atoms with van der Waals surface area (Å²) in [4.78, 5) is 14.8. The number of nitrogens with one attached hydrogen (secondary N) is 1. The molecule has 168 valence electrons. The SMILES string of the molecule is CN(C)CCOc1ccc(CNC(=O)c2ccccc2OCCOc2ccccc2)cc1. The minimum absolute atomic E-state index is 0.184. The van der Waals surface area contributed by atoms with Gasteiger partial charge in [-0.2, -0.15) is 0 Å². The molecule has 0 aliphatic carbocycles. The summed E-state index contributed by atoms with van der Waals surface area (Å²) in [7, 11) is 4.02. The summed E-state index contributed by atoms with van der Waals surface area (Å²) in [6.45, 7) is 2.65. The van der Waals surface area contributed by atoms with Gasteiger partial charge in [0.05, 0.1) is 5.56 Å². The maximum Gasteiger partial charge on any atom is 0.255 e. The summed E-state index contributed by atoms with van der Waals surface area (Å²) in [6.07, 6.45) is 0. The number of benzene rings is 3. The molecule has 1 N–H and O–H groups in total. The minimum Gasteiger partial charge on any atom is -0.492 e. The lowest BCUT2D eigenvalue weighted by atomic mass is 10.1. The molecule has 3 rings (SSSR count). The number of likely N-dealkylation sites (N-methyl/N-ethyl adjacent to an activating group) is 1. The molecule has 0 fully saturated rings. The number of hydrogen-bond acceptors (Lipinski definition) is 5. The first-order chi connectivity index (χ1) is 15.6. The third-order valence-corrected chi connectivity index (χ3v) is 4.67. The largest absolute Gasteiger partial charge is 0.492 e. The van der Waals surface area contributed by atoms with Gasteiger partial charge in [0.1, 0.15) is 37.1 Å². The van der Waals surface area contributed by atoms with Crippen molar-refractivity contribution in [2.75, 3.05) is 40.5 Å². The van der Waals surface area contributed by atoms with E-state index in [1.165, 1.54) is 0 Å². The van der Waals surface area contributed by atoms with E-state index in [1.54, 1.807) is 12.1 Å². The zero-order chi connectivity index (χ0) is 22.6. The molecule has 0 bridgehead atoms. The highest BCUT2D eigenvalue weighted by Crippen LogP contribution is 2.19. The summed E-state index contributed by atoms with van der Waals surface area (Å²) in [5.41, 5.74) is 1.49. The average Bonchev–Trinajstić information content (AvgIpc) is 2.82. The zero-order valence-electron chi connectivity index (χ0n) is 18.6. The second-order valence-corrected chi connectivity index (χ2v) is 7.48. The Kier molecular flexibility index (Phi) is 8.95. The quantitative estimate of drug-likeness (QED) is 0.437. The summed E-state index contributed by atoms with van der Waals surface area (Å²) in [5.74, 6) is 1.96. The van der Waals surface area contributed by atoms with Gasteiger partial charge in [-0.1, -0.05) is 42.5 Å². The number of carbonyl (C=O) groups is 1. The normalized spacial score (nSPS) is 10.6. The van der Waals surface area contributed by atoms with E-state index in [0.29, 0.717) is 37.7 Å². The third kappa shape index (κ3) is 7.63. The zero-order valence-corrected chi connectivity index (χ0v) is 18.6. The molecule has 3 aromatic rings. The van der Waals surface area contributed by atoms with E-state index < -0.39 is 0 Å². The Morgan fingerprint density at radius 1 is 0.750 bits per heavy atom. The Hall–Kier alpha value is -3.51. The van der Waals surface area contributed by atoms with Crippen molar-refractivity contribution in [3.63, 3.8) is 0 Å². The predicted octanol–water partition coefficient (Wildman–Crippen LogP) is 4.01. The molecule has 0 aromatic heterocycles. The number of nitrogens with zero attached hydrogens (tertiary/aromatic N) is 1. The predicted molar refractivity (Wildman–Crippen MR) is 126 cm³/mol. The highest BCUT2D eigenvalue weighted by molar-refractivity contribution is 5.96. The van der Waals surface area contributed by atoms with Crippen LogP contribution in [0, 0.1) is 0 Å². The number of amides is 1. The fourth-order valence-corrected chi connectivity index (χ4v) is 2.94. The van der Waals surface area contributed by atoms with Gasteiger partial charge in [-0.25, -0.2) is 0 Å². The summed E-state index contributed by atoms with van der Waals surface area (Å²) in [5, 5.41) is 2.95. The Bertz CT molecular complexity index is 959. The highest BCUT2D eigenvalue weighted by Gasteiger charge is 2.12. The van der Waals surface area contributed by atoms with Crippen LogP contribution in [0.5, 0.6) is 17.2 Å². The summed E-state index contributed by atoms with van der Waals surface area (Å²) >= 11 is 0. The van der Waals surface area contributed by atoms with Crippen molar-refractivity contribution in [1.29, 1.82) is 0 Å². The molecule has 0 radical (unpaired) electrons. The van der Waals surface area contributed by atoms with Crippen molar-refractivity contribution in [1.82, 2.24) is 10.2 Å². The molecule has 0 aliphatic heterocycles. The minimum atomic E-state index is -0.184. The lowest BCUT2D eigenvalue weighted by Gasteiger charge is -2.13. The van der Waals surface area contributed by atoms with Crippen LogP contribution < -0.4 is 19.5 Å². The van der Waals surface area contributed by atoms with Crippen LogP contribution in [0.15, 0.2) is 78.9 Å². The van der Waals surface area contributed by atoms with E-state index in [2.05, 4.69) is 10.2 Å². The molecule has 3 aromatic carbocycles. The van der Waals surface area contributed by atoms with Gasteiger partial charge in [0.15, 0.2) is 0 Å². The van der Waals surface area contributed by atoms with E-state index in [-0.39, 0.29) is 5.91 Å². The maximum atomic E-state index is 12.7. The Morgan fingerprint density at radius 2 is 1.38 bits per heavy atom. The van der Waals surface area contributed by atoms with Crippen LogP contribution in [0.25, 0.3) is 0 Å². The average molecular weight is 435 g/mol. The van der Waals surface area contributed by atoms with Gasteiger partial charge in [0.25, 0.3) is 5.91 Å². The molecule has 6 heteroatoms. The first-order valence-electron chi connectivity index (χ1n) is 10.7. The van der Waals surface area contributed by atoms with E-state index >= 15 is 0 Å². The second-order valence-electron chi connectivity index (χ2n) is 7.48. The number of para-hydroxylation sites is 2. The van der Waals surface area contributed by atoms with Crippen molar-refractivity contribution < 1.29 is 19.0 Å². The number of carbonyl (C=O) groups excluding carboxylic acids is 1. The first-order valence-corrected chi connectivity index (χ1v) is 10.7. The summed E-state index contributed by atoms with van der Waals surface area (Å²) in [6, 6.07) is 24.5. The molecule has 0 saturated carbocycles. The molecule has 0 saturated heterocycles. The van der Waals surface area contributed by atoms with Crippen molar-refractivity contribution in [3.05, 3.63) is 90.0 Å². The molecule has 1 amide bonds. The van der Waals surface area contributed by atoms with Crippen molar-refractivity contribution >= 4 is 5.91 Å². The highest BCUT2D eigenvalue weighted by atomic mass is 16.5. The lowest BCUT2D eigenvalue weighted by molar-refractivity contribution is 0.0945. The second kappa shape index (κ2) is 12.4. The summed E-state index contributed by atoms with van der Waals surface area (Å²) < 4.78 is 17.1. The Balaban J connectivity index is 1.46.